The number of carbonyl (C=O) groups is 1. The number of carbonyl (C=O) groups excluding carboxylic acids is 1. The van der Waals surface area contributed by atoms with Crippen LogP contribution in [-0.4, -0.2) is 16.5 Å². The predicted molar refractivity (Wildman–Crippen MR) is 64.4 cm³/mol. The molecule has 2 rings (SSSR count). The Balaban J connectivity index is 2.23. The third-order valence-corrected chi connectivity index (χ3v) is 4.67. The van der Waals surface area contributed by atoms with Gasteiger partial charge in [0.05, 0.1) is 0 Å². The van der Waals surface area contributed by atoms with Gasteiger partial charge in [0.1, 0.15) is 5.60 Å². The van der Waals surface area contributed by atoms with Crippen LogP contribution in [0.5, 0.6) is 0 Å². The van der Waals surface area contributed by atoms with E-state index in [2.05, 4.69) is 15.9 Å². The summed E-state index contributed by atoms with van der Waals surface area (Å²) in [5.74, 6) is -0.115. The van der Waals surface area contributed by atoms with Crippen LogP contribution in [-0.2, 0) is 0 Å². The smallest absolute Gasteiger partial charge is 0.196 e. The molecule has 1 heterocycles. The van der Waals surface area contributed by atoms with E-state index in [0.29, 0.717) is 18.4 Å². The number of Topliss-reactive ketones (excluding diaryl/α,β-unsaturated/α-hetero) is 1. The number of rotatable bonds is 2. The van der Waals surface area contributed by atoms with Crippen molar-refractivity contribution in [2.75, 3.05) is 0 Å². The summed E-state index contributed by atoms with van der Waals surface area (Å²) in [6.45, 7) is 0. The fourth-order valence-electron chi connectivity index (χ4n) is 2.06. The number of aliphatic hydroxyl groups is 1. The Morgan fingerprint density at radius 1 is 1.33 bits per heavy atom. The molecule has 1 aliphatic rings. The molecule has 0 spiro atoms. The quantitative estimate of drug-likeness (QED) is 0.847. The van der Waals surface area contributed by atoms with Gasteiger partial charge in [-0.05, 0) is 28.8 Å². The van der Waals surface area contributed by atoms with Crippen molar-refractivity contribution in [2.45, 2.75) is 37.7 Å². The zero-order valence-corrected chi connectivity index (χ0v) is 10.7. The molecule has 0 unspecified atom stereocenters. The second-order valence-corrected chi connectivity index (χ2v) is 5.65. The maximum atomic E-state index is 12.1. The van der Waals surface area contributed by atoms with Crippen LogP contribution in [0.25, 0.3) is 0 Å². The van der Waals surface area contributed by atoms with E-state index in [-0.39, 0.29) is 5.78 Å². The first-order chi connectivity index (χ1) is 7.13. The third-order valence-electron chi connectivity index (χ3n) is 2.96. The Labute approximate surface area is 101 Å². The summed E-state index contributed by atoms with van der Waals surface area (Å²) in [4.78, 5) is 12.1. The Hall–Kier alpha value is -0.190. The van der Waals surface area contributed by atoms with E-state index in [0.717, 1.165) is 23.7 Å². The number of hydrogen-bond acceptors (Lipinski definition) is 3. The molecule has 0 amide bonds. The number of hydrogen-bond donors (Lipinski definition) is 1. The molecule has 4 heteroatoms. The molecule has 82 valence electrons. The molecule has 1 saturated carbocycles. The molecule has 15 heavy (non-hydrogen) atoms. The molecule has 0 bridgehead atoms. The van der Waals surface area contributed by atoms with Gasteiger partial charge in [0.15, 0.2) is 5.78 Å². The molecule has 1 fully saturated rings. The van der Waals surface area contributed by atoms with E-state index < -0.39 is 5.60 Å². The highest BCUT2D eigenvalue weighted by Gasteiger charge is 2.38. The summed E-state index contributed by atoms with van der Waals surface area (Å²) < 4.78 is 0.802. The lowest BCUT2D eigenvalue weighted by Crippen LogP contribution is -2.40. The second-order valence-electron chi connectivity index (χ2n) is 4.05. The van der Waals surface area contributed by atoms with Crippen molar-refractivity contribution < 1.29 is 9.90 Å². The largest absolute Gasteiger partial charge is 0.382 e. The lowest BCUT2D eigenvalue weighted by molar-refractivity contribution is 0.0116. The molecule has 1 N–H and O–H groups in total. The van der Waals surface area contributed by atoms with E-state index in [1.807, 2.05) is 5.38 Å². The van der Waals surface area contributed by atoms with Crippen LogP contribution in [0.1, 0.15) is 42.5 Å². The van der Waals surface area contributed by atoms with Gasteiger partial charge in [0.25, 0.3) is 0 Å². The van der Waals surface area contributed by atoms with Crippen molar-refractivity contribution in [1.29, 1.82) is 0 Å². The van der Waals surface area contributed by atoms with Crippen LogP contribution in [0.2, 0.25) is 0 Å². The zero-order valence-electron chi connectivity index (χ0n) is 8.33. The SMILES string of the molecule is O=C(c1cscc1Br)C1(O)CCCCC1. The van der Waals surface area contributed by atoms with Crippen LogP contribution in [0.4, 0.5) is 0 Å². The molecular formula is C11H13BrO2S. The van der Waals surface area contributed by atoms with Crippen molar-refractivity contribution >= 4 is 33.0 Å². The topological polar surface area (TPSA) is 37.3 Å². The molecular weight excluding hydrogens is 276 g/mol. The summed E-state index contributed by atoms with van der Waals surface area (Å²) in [7, 11) is 0. The molecule has 1 aromatic heterocycles. The van der Waals surface area contributed by atoms with Crippen molar-refractivity contribution in [1.82, 2.24) is 0 Å². The fraction of sp³-hybridized carbons (Fsp3) is 0.545. The first-order valence-electron chi connectivity index (χ1n) is 5.12. The summed E-state index contributed by atoms with van der Waals surface area (Å²) in [6.07, 6.45) is 4.23. The van der Waals surface area contributed by atoms with Gasteiger partial charge in [-0.25, -0.2) is 0 Å². The lowest BCUT2D eigenvalue weighted by atomic mass is 9.80. The molecule has 1 aromatic rings. The van der Waals surface area contributed by atoms with E-state index in [9.17, 15) is 9.90 Å². The van der Waals surface area contributed by atoms with Crippen LogP contribution in [0.3, 0.4) is 0 Å². The maximum Gasteiger partial charge on any atom is 0.196 e. The summed E-state index contributed by atoms with van der Waals surface area (Å²) >= 11 is 4.81. The Kier molecular flexibility index (Phi) is 3.28. The summed E-state index contributed by atoms with van der Waals surface area (Å²) in [5, 5.41) is 13.9. The normalized spacial score (nSPS) is 20.1. The molecule has 1 aliphatic carbocycles. The third kappa shape index (κ3) is 2.17. The Morgan fingerprint density at radius 2 is 2.00 bits per heavy atom. The van der Waals surface area contributed by atoms with Gasteiger partial charge in [0, 0.05) is 20.8 Å². The van der Waals surface area contributed by atoms with Crippen LogP contribution in [0, 0.1) is 0 Å². The van der Waals surface area contributed by atoms with E-state index >= 15 is 0 Å². The van der Waals surface area contributed by atoms with E-state index in [1.165, 1.54) is 11.3 Å². The second kappa shape index (κ2) is 4.36. The number of ketones is 1. The first-order valence-corrected chi connectivity index (χ1v) is 6.86. The van der Waals surface area contributed by atoms with Gasteiger partial charge in [0.2, 0.25) is 0 Å². The van der Waals surface area contributed by atoms with Gasteiger partial charge in [-0.15, -0.1) is 0 Å². The summed E-state index contributed by atoms with van der Waals surface area (Å²) in [5.41, 5.74) is -0.480. The van der Waals surface area contributed by atoms with Crippen molar-refractivity contribution in [3.8, 4) is 0 Å². The monoisotopic (exact) mass is 288 g/mol. The van der Waals surface area contributed by atoms with E-state index in [4.69, 9.17) is 0 Å². The molecule has 0 aliphatic heterocycles. The predicted octanol–water partition coefficient (Wildman–Crippen LogP) is 3.39. The van der Waals surface area contributed by atoms with Crippen molar-refractivity contribution in [2.24, 2.45) is 0 Å². The standard InChI is InChI=1S/C11H13BrO2S/c12-9-7-15-6-8(9)10(13)11(14)4-2-1-3-5-11/h6-7,14H,1-5H2. The Bertz CT molecular complexity index is 366. The molecule has 2 nitrogen and oxygen atoms in total. The molecule has 0 aromatic carbocycles. The number of halogens is 1. The van der Waals surface area contributed by atoms with E-state index in [1.54, 1.807) is 5.38 Å². The fourth-order valence-corrected chi connectivity index (χ4v) is 3.51. The Morgan fingerprint density at radius 3 is 2.53 bits per heavy atom. The highest BCUT2D eigenvalue weighted by atomic mass is 79.9. The van der Waals surface area contributed by atoms with Gasteiger partial charge in [-0.1, -0.05) is 19.3 Å². The van der Waals surface area contributed by atoms with Crippen molar-refractivity contribution in [3.05, 3.63) is 20.8 Å². The number of thiophene rings is 1. The highest BCUT2D eigenvalue weighted by Crippen LogP contribution is 2.34. The first kappa shape index (κ1) is 11.3. The van der Waals surface area contributed by atoms with Crippen molar-refractivity contribution in [3.63, 3.8) is 0 Å². The average molecular weight is 289 g/mol. The maximum absolute atomic E-state index is 12.1. The molecule has 0 saturated heterocycles. The van der Waals surface area contributed by atoms with Gasteiger partial charge < -0.3 is 5.11 Å². The highest BCUT2D eigenvalue weighted by molar-refractivity contribution is 9.10. The molecule has 0 radical (unpaired) electrons. The lowest BCUT2D eigenvalue weighted by Gasteiger charge is -2.30. The van der Waals surface area contributed by atoms with Crippen LogP contribution >= 0.6 is 27.3 Å². The van der Waals surface area contributed by atoms with Gasteiger partial charge in [-0.2, -0.15) is 11.3 Å². The minimum Gasteiger partial charge on any atom is -0.382 e. The summed E-state index contributed by atoms with van der Waals surface area (Å²) in [6, 6.07) is 0. The minimum absolute atomic E-state index is 0.115. The molecule has 0 atom stereocenters. The average Bonchev–Trinajstić information content (AvgIpc) is 2.64. The van der Waals surface area contributed by atoms with Crippen LogP contribution < -0.4 is 0 Å². The van der Waals surface area contributed by atoms with Gasteiger partial charge >= 0.3 is 0 Å². The van der Waals surface area contributed by atoms with Gasteiger partial charge in [-0.3, -0.25) is 4.79 Å². The minimum atomic E-state index is -1.11. The zero-order chi connectivity index (χ0) is 10.9. The van der Waals surface area contributed by atoms with Crippen LogP contribution in [0.15, 0.2) is 15.2 Å².